The molecule has 5 nitrogen and oxygen atoms in total. The summed E-state index contributed by atoms with van der Waals surface area (Å²) in [5.74, 6) is -1.65. The molecule has 0 saturated carbocycles. The van der Waals surface area contributed by atoms with Gasteiger partial charge in [0.05, 0.1) is 23.3 Å². The van der Waals surface area contributed by atoms with Crippen LogP contribution in [-0.4, -0.2) is 24.0 Å². The molecular weight excluding hydrogens is 347 g/mol. The van der Waals surface area contributed by atoms with E-state index in [9.17, 15) is 14.0 Å². The molecule has 2 fully saturated rings. The Balaban J connectivity index is 1.66. The van der Waals surface area contributed by atoms with E-state index in [1.807, 2.05) is 30.3 Å². The van der Waals surface area contributed by atoms with Gasteiger partial charge in [0.2, 0.25) is 5.91 Å². The van der Waals surface area contributed by atoms with Crippen LogP contribution in [0.3, 0.4) is 0 Å². The summed E-state index contributed by atoms with van der Waals surface area (Å²) in [5.41, 5.74) is 1.21. The van der Waals surface area contributed by atoms with Crippen LogP contribution in [0.1, 0.15) is 26.2 Å². The largest absolute Gasteiger partial charge is 0.273 e. The average Bonchev–Trinajstić information content (AvgIpc) is 3.18. The zero-order valence-corrected chi connectivity index (χ0v) is 15.0. The number of anilines is 2. The number of hydrogen-bond acceptors (Lipinski definition) is 4. The summed E-state index contributed by atoms with van der Waals surface area (Å²) in [5, 5.41) is 1.72. The molecule has 2 aromatic carbocycles. The lowest BCUT2D eigenvalue weighted by atomic mass is 9.92. The minimum atomic E-state index is -0.843. The van der Waals surface area contributed by atoms with Crippen molar-refractivity contribution in [2.24, 2.45) is 5.92 Å². The summed E-state index contributed by atoms with van der Waals surface area (Å²) in [6, 6.07) is 14.7. The van der Waals surface area contributed by atoms with Gasteiger partial charge in [0.1, 0.15) is 5.82 Å². The number of unbranched alkanes of at least 4 members (excludes halogenated alkanes) is 1. The molecule has 3 atom stereocenters. The summed E-state index contributed by atoms with van der Waals surface area (Å²) in [4.78, 5) is 33.2. The molecular formula is C21H21FN2O3. The van der Waals surface area contributed by atoms with Gasteiger partial charge in [-0.1, -0.05) is 38.0 Å². The lowest BCUT2D eigenvalue weighted by Gasteiger charge is -2.28. The highest BCUT2D eigenvalue weighted by molar-refractivity contribution is 6.23. The number of benzene rings is 2. The minimum absolute atomic E-state index is 0.209. The quantitative estimate of drug-likeness (QED) is 0.755. The number of imide groups is 1. The molecule has 0 aromatic heterocycles. The van der Waals surface area contributed by atoms with Crippen LogP contribution in [-0.2, 0) is 14.4 Å². The van der Waals surface area contributed by atoms with Crippen LogP contribution in [0.4, 0.5) is 15.8 Å². The van der Waals surface area contributed by atoms with E-state index < -0.39 is 23.7 Å². The average molecular weight is 368 g/mol. The van der Waals surface area contributed by atoms with E-state index in [2.05, 4.69) is 6.92 Å². The van der Waals surface area contributed by atoms with Crippen LogP contribution < -0.4 is 9.96 Å². The highest BCUT2D eigenvalue weighted by Gasteiger charge is 2.59. The zero-order valence-electron chi connectivity index (χ0n) is 15.0. The van der Waals surface area contributed by atoms with Gasteiger partial charge in [0.25, 0.3) is 5.91 Å². The molecule has 0 bridgehead atoms. The van der Waals surface area contributed by atoms with Crippen molar-refractivity contribution in [1.82, 2.24) is 0 Å². The van der Waals surface area contributed by atoms with Crippen LogP contribution in [0, 0.1) is 11.7 Å². The number of nitrogens with zero attached hydrogens (tertiary/aromatic N) is 2. The van der Waals surface area contributed by atoms with E-state index in [-0.39, 0.29) is 11.9 Å². The Morgan fingerprint density at radius 1 is 0.963 bits per heavy atom. The molecule has 27 heavy (non-hydrogen) atoms. The van der Waals surface area contributed by atoms with Crippen molar-refractivity contribution in [3.8, 4) is 0 Å². The van der Waals surface area contributed by atoms with E-state index in [1.165, 1.54) is 24.3 Å². The molecule has 2 heterocycles. The van der Waals surface area contributed by atoms with Crippen LogP contribution >= 0.6 is 0 Å². The zero-order chi connectivity index (χ0) is 19.0. The van der Waals surface area contributed by atoms with E-state index >= 15 is 0 Å². The van der Waals surface area contributed by atoms with Gasteiger partial charge >= 0.3 is 0 Å². The molecule has 0 aliphatic carbocycles. The lowest BCUT2D eigenvalue weighted by molar-refractivity contribution is -0.126. The van der Waals surface area contributed by atoms with Crippen molar-refractivity contribution in [3.63, 3.8) is 0 Å². The number of carbonyl (C=O) groups is 2. The van der Waals surface area contributed by atoms with Gasteiger partial charge in [-0.05, 0) is 42.8 Å². The number of hydroxylamine groups is 1. The number of rotatable bonds is 5. The molecule has 2 amide bonds. The Kier molecular flexibility index (Phi) is 4.66. The summed E-state index contributed by atoms with van der Waals surface area (Å²) in [7, 11) is 0. The number of fused-ring (bicyclic) bond motifs is 1. The Labute approximate surface area is 157 Å². The van der Waals surface area contributed by atoms with Crippen LogP contribution in [0.25, 0.3) is 0 Å². The summed E-state index contributed by atoms with van der Waals surface area (Å²) in [6.45, 7) is 2.09. The second-order valence-electron chi connectivity index (χ2n) is 6.91. The molecule has 0 spiro atoms. The normalized spacial score (nSPS) is 24.6. The fourth-order valence-electron chi connectivity index (χ4n) is 3.87. The van der Waals surface area contributed by atoms with Gasteiger partial charge in [0.15, 0.2) is 6.10 Å². The third-order valence-corrected chi connectivity index (χ3v) is 5.19. The molecule has 140 valence electrons. The van der Waals surface area contributed by atoms with Gasteiger partial charge < -0.3 is 0 Å². The summed E-state index contributed by atoms with van der Waals surface area (Å²) in [6.07, 6.45) is 1.83. The summed E-state index contributed by atoms with van der Waals surface area (Å²) < 4.78 is 13.2. The van der Waals surface area contributed by atoms with Gasteiger partial charge in [-0.3, -0.25) is 14.4 Å². The molecule has 2 aliphatic heterocycles. The molecule has 0 radical (unpaired) electrons. The Morgan fingerprint density at radius 3 is 2.33 bits per heavy atom. The number of carbonyl (C=O) groups excluding carboxylic acids is 2. The Hall–Kier alpha value is -2.73. The smallest absolute Gasteiger partial charge is 0.266 e. The third-order valence-electron chi connectivity index (χ3n) is 5.19. The van der Waals surface area contributed by atoms with E-state index in [0.717, 1.165) is 29.8 Å². The monoisotopic (exact) mass is 368 g/mol. The maximum absolute atomic E-state index is 13.2. The molecule has 0 N–H and O–H groups in total. The Morgan fingerprint density at radius 2 is 1.67 bits per heavy atom. The maximum atomic E-state index is 13.2. The van der Waals surface area contributed by atoms with Crippen molar-refractivity contribution >= 4 is 23.2 Å². The van der Waals surface area contributed by atoms with Crippen molar-refractivity contribution in [1.29, 1.82) is 0 Å². The molecule has 0 unspecified atom stereocenters. The number of halogens is 1. The van der Waals surface area contributed by atoms with E-state index in [4.69, 9.17) is 4.84 Å². The van der Waals surface area contributed by atoms with Crippen LogP contribution in [0.5, 0.6) is 0 Å². The van der Waals surface area contributed by atoms with Gasteiger partial charge in [0, 0.05) is 0 Å². The van der Waals surface area contributed by atoms with Crippen molar-refractivity contribution in [2.75, 3.05) is 9.96 Å². The van der Waals surface area contributed by atoms with Gasteiger partial charge in [-0.25, -0.2) is 14.4 Å². The van der Waals surface area contributed by atoms with Crippen molar-refractivity contribution in [2.45, 2.75) is 38.3 Å². The predicted molar refractivity (Wildman–Crippen MR) is 99.5 cm³/mol. The minimum Gasteiger partial charge on any atom is -0.273 e. The number of hydrogen-bond donors (Lipinski definition) is 0. The predicted octanol–water partition coefficient (Wildman–Crippen LogP) is 3.69. The first-order chi connectivity index (χ1) is 13.1. The van der Waals surface area contributed by atoms with Gasteiger partial charge in [-0.15, -0.1) is 0 Å². The standard InChI is InChI=1S/C21H21FN2O3/c1-2-3-9-17-18-19(27-24(17)16-7-5-4-6-8-16)21(26)23(20(18)25)15-12-10-14(22)11-13-15/h4-8,10-13,17-19H,2-3,9H2,1H3/t17-,18-,19+/m1/s1. The SMILES string of the molecule is CCCC[C@@H]1[C@H]2C(=O)N(c3ccc(F)cc3)C(=O)[C@H]2ON1c1ccccc1. The second kappa shape index (κ2) is 7.12. The maximum Gasteiger partial charge on any atom is 0.266 e. The fourth-order valence-corrected chi connectivity index (χ4v) is 3.87. The van der Waals surface area contributed by atoms with Crippen LogP contribution in [0.2, 0.25) is 0 Å². The summed E-state index contributed by atoms with van der Waals surface area (Å²) >= 11 is 0. The highest BCUT2D eigenvalue weighted by Crippen LogP contribution is 2.41. The highest BCUT2D eigenvalue weighted by atomic mass is 19.1. The first-order valence-corrected chi connectivity index (χ1v) is 9.26. The molecule has 4 rings (SSSR count). The van der Waals surface area contributed by atoms with Gasteiger partial charge in [-0.2, -0.15) is 0 Å². The third kappa shape index (κ3) is 3.00. The number of para-hydroxylation sites is 1. The fraction of sp³-hybridized carbons (Fsp3) is 0.333. The first-order valence-electron chi connectivity index (χ1n) is 9.26. The van der Waals surface area contributed by atoms with E-state index in [0.29, 0.717) is 5.69 Å². The molecule has 2 aromatic rings. The number of amides is 2. The van der Waals surface area contributed by atoms with E-state index in [1.54, 1.807) is 5.06 Å². The molecule has 2 saturated heterocycles. The van der Waals surface area contributed by atoms with Crippen molar-refractivity contribution in [3.05, 3.63) is 60.4 Å². The topological polar surface area (TPSA) is 49.9 Å². The molecule has 6 heteroatoms. The Bertz CT molecular complexity index is 840. The van der Waals surface area contributed by atoms with Crippen LogP contribution in [0.15, 0.2) is 54.6 Å². The first kappa shape index (κ1) is 17.7. The van der Waals surface area contributed by atoms with Crippen molar-refractivity contribution < 1.29 is 18.8 Å². The second-order valence-corrected chi connectivity index (χ2v) is 6.91. The molecule has 2 aliphatic rings. The lowest BCUT2D eigenvalue weighted by Crippen LogP contribution is -2.40.